The van der Waals surface area contributed by atoms with Gasteiger partial charge in [0.1, 0.15) is 10.0 Å². The van der Waals surface area contributed by atoms with Crippen LogP contribution in [0.2, 0.25) is 60.3 Å². The summed E-state index contributed by atoms with van der Waals surface area (Å²) in [6, 6.07) is 0. The highest BCUT2D eigenvalue weighted by Gasteiger charge is 2.27. The smallest absolute Gasteiger partial charge is 0.224 e. The van der Waals surface area contributed by atoms with Crippen molar-refractivity contribution in [1.82, 2.24) is 0 Å². The van der Waals surface area contributed by atoms with Crippen LogP contribution in [-0.2, 0) is 0 Å². The minimum Gasteiger partial charge on any atom is -0.439 e. The van der Waals surface area contributed by atoms with Crippen LogP contribution in [0.25, 0.3) is 0 Å². The van der Waals surface area contributed by atoms with Crippen molar-refractivity contribution < 1.29 is 4.42 Å². The molecule has 1 heterocycles. The molecule has 0 spiro atoms. The predicted molar refractivity (Wildman–Crippen MR) is 146 cm³/mol. The topological polar surface area (TPSA) is 30.2 Å². The van der Waals surface area contributed by atoms with Crippen LogP contribution >= 0.6 is 163 Å². The van der Waals surface area contributed by atoms with Gasteiger partial charge in [0.2, 0.25) is 5.43 Å². The van der Waals surface area contributed by atoms with Gasteiger partial charge in [-0.25, -0.2) is 0 Å². The summed E-state index contributed by atoms with van der Waals surface area (Å²) >= 11 is 75.3. The van der Waals surface area contributed by atoms with Crippen LogP contribution < -0.4 is 5.43 Å². The lowest BCUT2D eigenvalue weighted by Crippen LogP contribution is -2.05. The molecule has 176 valence electrons. The van der Waals surface area contributed by atoms with Crippen LogP contribution in [0.15, 0.2) is 29.2 Å². The van der Waals surface area contributed by atoms with Gasteiger partial charge in [-0.2, -0.15) is 0 Å². The quantitative estimate of drug-likeness (QED) is 0.198. The van der Waals surface area contributed by atoms with Crippen LogP contribution in [-0.4, -0.2) is 0 Å². The van der Waals surface area contributed by atoms with Crippen LogP contribution in [0.3, 0.4) is 0 Å². The van der Waals surface area contributed by atoms with Crippen molar-refractivity contribution in [3.63, 3.8) is 0 Å². The Balaban J connectivity index is 2.18. The Morgan fingerprint density at radius 2 is 0.636 bits per heavy atom. The minimum atomic E-state index is -0.758. The van der Waals surface area contributed by atoms with Crippen LogP contribution in [0.4, 0.5) is 0 Å². The third-order valence-corrected chi connectivity index (χ3v) is 11.8. The van der Waals surface area contributed by atoms with E-state index in [-0.39, 0.29) is 80.2 Å². The first-order chi connectivity index (χ1) is 15.3. The second-order valence-electron chi connectivity index (χ2n) is 5.64. The van der Waals surface area contributed by atoms with E-state index in [0.29, 0.717) is 0 Å². The fourth-order valence-electron chi connectivity index (χ4n) is 2.12. The first-order valence-corrected chi connectivity index (χ1v) is 13.9. The summed E-state index contributed by atoms with van der Waals surface area (Å²) in [4.78, 5) is 12.9. The van der Waals surface area contributed by atoms with Crippen molar-refractivity contribution in [2.75, 3.05) is 0 Å². The van der Waals surface area contributed by atoms with E-state index in [4.69, 9.17) is 144 Å². The number of rotatable bonds is 4. The van der Waals surface area contributed by atoms with E-state index in [1.165, 1.54) is 0 Å². The molecule has 1 aromatic heterocycles. The van der Waals surface area contributed by atoms with E-state index in [1.54, 1.807) is 0 Å². The second kappa shape index (κ2) is 11.5. The molecule has 33 heavy (non-hydrogen) atoms. The Hall–Kier alpha value is 1.57. The summed E-state index contributed by atoms with van der Waals surface area (Å²) in [6.45, 7) is 0. The van der Waals surface area contributed by atoms with Crippen molar-refractivity contribution in [3.05, 3.63) is 70.5 Å². The molecule has 0 saturated carbocycles. The van der Waals surface area contributed by atoms with E-state index in [9.17, 15) is 4.79 Å². The van der Waals surface area contributed by atoms with Gasteiger partial charge in [-0.15, -0.1) is 0 Å². The Morgan fingerprint density at radius 3 is 0.909 bits per heavy atom. The highest BCUT2D eigenvalue weighted by molar-refractivity contribution is 8.00. The fraction of sp³-hybridized carbons (Fsp3) is 0. The highest BCUT2D eigenvalue weighted by atomic mass is 35.5. The second-order valence-corrected chi connectivity index (χ2v) is 12.1. The lowest BCUT2D eigenvalue weighted by molar-refractivity contribution is 0.373. The Labute approximate surface area is 254 Å². The number of hydrogen-bond donors (Lipinski definition) is 0. The Morgan fingerprint density at radius 1 is 0.394 bits per heavy atom. The largest absolute Gasteiger partial charge is 0.439 e. The van der Waals surface area contributed by atoms with Gasteiger partial charge in [0.25, 0.3) is 0 Å². The predicted octanol–water partition coefficient (Wildman–Crippen LogP) is 12.8. The van der Waals surface area contributed by atoms with Gasteiger partial charge in [0, 0.05) is 0 Å². The summed E-state index contributed by atoms with van der Waals surface area (Å²) in [5.74, 6) is 0. The van der Waals surface area contributed by atoms with E-state index >= 15 is 0 Å². The van der Waals surface area contributed by atoms with Crippen molar-refractivity contribution in [1.29, 1.82) is 0 Å². The lowest BCUT2D eigenvalue weighted by atomic mass is 10.3. The minimum absolute atomic E-state index is 0.0358. The Bertz CT molecular complexity index is 1220. The molecule has 0 bridgehead atoms. The molecule has 0 N–H and O–H groups in total. The highest BCUT2D eigenvalue weighted by Crippen LogP contribution is 2.53. The molecule has 2 nitrogen and oxygen atoms in total. The summed E-state index contributed by atoms with van der Waals surface area (Å²) in [5.41, 5.74) is -0.758. The first kappa shape index (κ1) is 29.1. The van der Waals surface area contributed by atoms with E-state index < -0.39 is 5.43 Å². The zero-order valence-corrected chi connectivity index (χ0v) is 25.4. The van der Waals surface area contributed by atoms with Gasteiger partial charge in [-0.1, -0.05) is 139 Å². The zero-order valence-electron chi connectivity index (χ0n) is 14.7. The summed E-state index contributed by atoms with van der Waals surface area (Å²) in [7, 11) is 0. The zero-order chi connectivity index (χ0) is 24.9. The molecule has 0 aliphatic rings. The molecular weight excluding hydrogens is 726 g/mol. The van der Waals surface area contributed by atoms with E-state index in [2.05, 4.69) is 0 Å². The van der Waals surface area contributed by atoms with Crippen molar-refractivity contribution in [3.8, 4) is 0 Å². The normalized spacial score (nSPS) is 11.4. The van der Waals surface area contributed by atoms with E-state index in [0.717, 1.165) is 23.5 Å². The first-order valence-electron chi connectivity index (χ1n) is 7.70. The van der Waals surface area contributed by atoms with Crippen LogP contribution in [0.1, 0.15) is 0 Å². The van der Waals surface area contributed by atoms with Gasteiger partial charge in [0.05, 0.1) is 60.0 Å². The maximum Gasteiger partial charge on any atom is 0.224 e. The number of hydrogen-bond acceptors (Lipinski definition) is 4. The van der Waals surface area contributed by atoms with Crippen LogP contribution in [0, 0.1) is 0 Å². The van der Waals surface area contributed by atoms with Gasteiger partial charge >= 0.3 is 0 Å². The fourth-order valence-corrected chi connectivity index (χ4v) is 7.44. The molecule has 0 amide bonds. The van der Waals surface area contributed by atoms with Crippen molar-refractivity contribution in [2.45, 2.75) is 20.0 Å². The molecule has 0 unspecified atom stereocenters. The molecule has 3 rings (SSSR count). The Kier molecular flexibility index (Phi) is 10.2. The maximum atomic E-state index is 12.7. The molecule has 0 aliphatic carbocycles. The lowest BCUT2D eigenvalue weighted by Gasteiger charge is -2.14. The van der Waals surface area contributed by atoms with Crippen molar-refractivity contribution in [2.24, 2.45) is 0 Å². The van der Waals surface area contributed by atoms with Gasteiger partial charge in [0.15, 0.2) is 10.2 Å². The van der Waals surface area contributed by atoms with Gasteiger partial charge in [-0.05, 0) is 23.5 Å². The van der Waals surface area contributed by atoms with Gasteiger partial charge < -0.3 is 4.42 Å². The molecule has 0 radical (unpaired) electrons. The summed E-state index contributed by atoms with van der Waals surface area (Å²) in [6.07, 6.45) is 0. The monoisotopic (exact) mass is 720 g/mol. The van der Waals surface area contributed by atoms with Gasteiger partial charge in [-0.3, -0.25) is 4.79 Å². The number of halogens is 12. The van der Waals surface area contributed by atoms with E-state index in [1.807, 2.05) is 0 Å². The molecule has 2 aromatic carbocycles. The average molecular weight is 726 g/mol. The molecule has 0 fully saturated rings. The van der Waals surface area contributed by atoms with Crippen LogP contribution in [0.5, 0.6) is 0 Å². The molecular formula is C17Cl12O2S2. The molecule has 0 saturated heterocycles. The average Bonchev–Trinajstić information content (AvgIpc) is 2.80. The molecule has 3 aromatic rings. The standard InChI is InChI=1S/C17Cl12O2S2/c18-1-3(20)7(24)14(8(25)4(1)21)32-16-11(28)13(30)12(29)17(31-16)33-15-9(26)5(22)2(19)6(23)10(15)27. The maximum absolute atomic E-state index is 12.7. The summed E-state index contributed by atoms with van der Waals surface area (Å²) in [5, 5.41) is -1.42. The van der Waals surface area contributed by atoms with Crippen molar-refractivity contribution >= 4 is 163 Å². The third kappa shape index (κ3) is 5.56. The number of benzene rings is 2. The third-order valence-electron chi connectivity index (χ3n) is 3.67. The SMILES string of the molecule is O=c1c(Cl)c(Sc2c(Cl)c(Cl)c(Cl)c(Cl)c2Cl)oc(Sc2c(Cl)c(Cl)c(Cl)c(Cl)c2Cl)c1Cl. The molecule has 0 aliphatic heterocycles. The molecule has 16 heteroatoms. The molecule has 0 atom stereocenters. The summed E-state index contributed by atoms with van der Waals surface area (Å²) < 4.78 is 5.76.